The molecule has 170 valence electrons. The Kier molecular flexibility index (Phi) is 7.43. The molecule has 0 amide bonds. The number of aryl methyl sites for hydroxylation is 1. The summed E-state index contributed by atoms with van der Waals surface area (Å²) >= 11 is 6.19. The highest BCUT2D eigenvalue weighted by molar-refractivity contribution is 6.30. The molecule has 2 aromatic rings. The Balaban J connectivity index is 2.18. The number of halogens is 1. The van der Waals surface area contributed by atoms with Gasteiger partial charge in [-0.05, 0) is 55.7 Å². The molecule has 1 unspecified atom stereocenters. The maximum absolute atomic E-state index is 6.46. The molecule has 0 fully saturated rings. The van der Waals surface area contributed by atoms with Crippen LogP contribution in [0.15, 0.2) is 59.2 Å². The van der Waals surface area contributed by atoms with Crippen LogP contribution in [0.3, 0.4) is 0 Å². The summed E-state index contributed by atoms with van der Waals surface area (Å²) in [5.41, 5.74) is 18.2. The lowest BCUT2D eigenvalue weighted by molar-refractivity contribution is 0.761. The van der Waals surface area contributed by atoms with Crippen molar-refractivity contribution in [2.24, 2.45) is 10.7 Å². The molecule has 0 radical (unpaired) electrons. The standard InChI is InChI=1S/C24H32ClN7/c1-7-13-27-19(8-2)21(16(4)26)23(17-9-11-18(25)12-10-17)31(5)20-14-15(3)22-24(28-20)32(6)30-29-22/h8-12,14,23,29-30H,2,7,13,26H2,1,3-6H3. The quantitative estimate of drug-likeness (QED) is 0.499. The normalized spacial score (nSPS) is 15.1. The molecule has 4 N–H and O–H groups in total. The van der Waals surface area contributed by atoms with Gasteiger partial charge in [-0.15, -0.1) is 5.53 Å². The fourth-order valence-electron chi connectivity index (χ4n) is 3.82. The van der Waals surface area contributed by atoms with Gasteiger partial charge in [-0.25, -0.2) is 4.98 Å². The van der Waals surface area contributed by atoms with Crippen molar-refractivity contribution in [2.75, 3.05) is 36.0 Å². The van der Waals surface area contributed by atoms with Gasteiger partial charge in [0.15, 0.2) is 5.82 Å². The number of nitrogens with one attached hydrogen (secondary N) is 2. The number of aliphatic imine (C=N–C) groups is 1. The maximum atomic E-state index is 6.46. The van der Waals surface area contributed by atoms with Crippen molar-refractivity contribution in [3.8, 4) is 0 Å². The molecule has 0 saturated heterocycles. The largest absolute Gasteiger partial charge is 0.402 e. The molecule has 7 nitrogen and oxygen atoms in total. The number of pyridine rings is 1. The third-order valence-electron chi connectivity index (χ3n) is 5.46. The molecule has 0 aliphatic carbocycles. The number of likely N-dealkylation sites (N-methyl/N-ethyl adjacent to an activating group) is 1. The van der Waals surface area contributed by atoms with Crippen LogP contribution in [0.1, 0.15) is 37.4 Å². The first-order valence-corrected chi connectivity index (χ1v) is 11.0. The van der Waals surface area contributed by atoms with Gasteiger partial charge in [0, 0.05) is 36.9 Å². The van der Waals surface area contributed by atoms with E-state index in [0.717, 1.165) is 46.2 Å². The van der Waals surface area contributed by atoms with Crippen molar-refractivity contribution >= 4 is 34.6 Å². The zero-order chi connectivity index (χ0) is 23.4. The maximum Gasteiger partial charge on any atom is 0.171 e. The van der Waals surface area contributed by atoms with Crippen molar-refractivity contribution < 1.29 is 0 Å². The molecule has 1 atom stereocenters. The second-order valence-corrected chi connectivity index (χ2v) is 8.36. The van der Waals surface area contributed by atoms with Crippen LogP contribution in [0.4, 0.5) is 17.3 Å². The van der Waals surface area contributed by atoms with Crippen LogP contribution in [0.5, 0.6) is 0 Å². The number of nitrogens with zero attached hydrogens (tertiary/aromatic N) is 4. The van der Waals surface area contributed by atoms with E-state index in [9.17, 15) is 0 Å². The summed E-state index contributed by atoms with van der Waals surface area (Å²) in [4.78, 5) is 11.8. The molecule has 1 aromatic carbocycles. The van der Waals surface area contributed by atoms with Gasteiger partial charge in [-0.3, -0.25) is 15.4 Å². The average molecular weight is 454 g/mol. The minimum Gasteiger partial charge on any atom is -0.402 e. The lowest BCUT2D eigenvalue weighted by Gasteiger charge is -2.33. The molecule has 2 heterocycles. The fourth-order valence-corrected chi connectivity index (χ4v) is 3.95. The summed E-state index contributed by atoms with van der Waals surface area (Å²) in [5.74, 6) is 1.65. The molecule has 32 heavy (non-hydrogen) atoms. The molecule has 1 aliphatic rings. The van der Waals surface area contributed by atoms with E-state index in [0.29, 0.717) is 17.3 Å². The third kappa shape index (κ3) is 4.74. The number of benzene rings is 1. The van der Waals surface area contributed by atoms with Crippen molar-refractivity contribution in [2.45, 2.75) is 33.2 Å². The number of nitrogens with two attached hydrogens (primary N) is 1. The first-order chi connectivity index (χ1) is 15.3. The number of hydrogen-bond donors (Lipinski definition) is 3. The minimum atomic E-state index is -0.233. The van der Waals surface area contributed by atoms with Gasteiger partial charge in [0.25, 0.3) is 0 Å². The number of allylic oxidation sites excluding steroid dienone is 2. The van der Waals surface area contributed by atoms with E-state index in [-0.39, 0.29) is 6.04 Å². The highest BCUT2D eigenvalue weighted by Gasteiger charge is 2.29. The first kappa shape index (κ1) is 23.6. The van der Waals surface area contributed by atoms with Crippen LogP contribution in [-0.4, -0.2) is 31.3 Å². The highest BCUT2D eigenvalue weighted by Crippen LogP contribution is 2.38. The Morgan fingerprint density at radius 2 is 2.06 bits per heavy atom. The average Bonchev–Trinajstić information content (AvgIpc) is 3.15. The SMILES string of the molecule is C=CC(=NCCC)C(=C(C)N)C(c1ccc(Cl)cc1)N(C)c1cc(C)c2c(n1)N(C)NN2. The number of anilines is 3. The Morgan fingerprint density at radius 3 is 2.66 bits per heavy atom. The Labute approximate surface area is 195 Å². The van der Waals surface area contributed by atoms with Gasteiger partial charge >= 0.3 is 0 Å². The van der Waals surface area contributed by atoms with E-state index < -0.39 is 0 Å². The number of fused-ring (bicyclic) bond motifs is 1. The van der Waals surface area contributed by atoms with Crippen molar-refractivity contribution in [3.05, 3.63) is 70.4 Å². The van der Waals surface area contributed by atoms with Crippen LogP contribution >= 0.6 is 11.6 Å². The summed E-state index contributed by atoms with van der Waals surface area (Å²) in [6.07, 6.45) is 2.72. The highest BCUT2D eigenvalue weighted by atomic mass is 35.5. The lowest BCUT2D eigenvalue weighted by atomic mass is 9.92. The topological polar surface area (TPSA) is 81.8 Å². The van der Waals surface area contributed by atoms with Crippen molar-refractivity contribution in [1.29, 1.82) is 0 Å². The molecular weight excluding hydrogens is 422 g/mol. The van der Waals surface area contributed by atoms with E-state index in [1.807, 2.05) is 50.3 Å². The van der Waals surface area contributed by atoms with Crippen molar-refractivity contribution in [1.82, 2.24) is 10.5 Å². The summed E-state index contributed by atoms with van der Waals surface area (Å²) in [5, 5.41) is 2.54. The molecular formula is C24H32ClN7. The van der Waals surface area contributed by atoms with E-state index in [4.69, 9.17) is 27.3 Å². The van der Waals surface area contributed by atoms with Crippen LogP contribution in [0, 0.1) is 6.92 Å². The molecule has 0 saturated carbocycles. The lowest BCUT2D eigenvalue weighted by Crippen LogP contribution is -2.33. The minimum absolute atomic E-state index is 0.233. The molecule has 1 aromatic heterocycles. The van der Waals surface area contributed by atoms with E-state index in [2.05, 4.69) is 42.4 Å². The number of rotatable bonds is 8. The van der Waals surface area contributed by atoms with Crippen LogP contribution in [0.25, 0.3) is 0 Å². The smallest absolute Gasteiger partial charge is 0.171 e. The zero-order valence-electron chi connectivity index (χ0n) is 19.4. The van der Waals surface area contributed by atoms with E-state index >= 15 is 0 Å². The predicted molar refractivity (Wildman–Crippen MR) is 136 cm³/mol. The van der Waals surface area contributed by atoms with Crippen LogP contribution in [0.2, 0.25) is 5.02 Å². The van der Waals surface area contributed by atoms with Gasteiger partial charge in [0.1, 0.15) is 5.82 Å². The molecule has 0 spiro atoms. The zero-order valence-corrected chi connectivity index (χ0v) is 20.2. The third-order valence-corrected chi connectivity index (χ3v) is 5.71. The van der Waals surface area contributed by atoms with Gasteiger partial charge in [0.05, 0.1) is 17.4 Å². The van der Waals surface area contributed by atoms with Crippen LogP contribution in [-0.2, 0) is 0 Å². The summed E-state index contributed by atoms with van der Waals surface area (Å²) < 4.78 is 0. The number of hydrogen-bond acceptors (Lipinski definition) is 7. The Bertz CT molecular complexity index is 1040. The van der Waals surface area contributed by atoms with Gasteiger partial charge in [0.2, 0.25) is 0 Å². The fraction of sp³-hybridized carbons (Fsp3) is 0.333. The molecule has 8 heteroatoms. The van der Waals surface area contributed by atoms with Gasteiger partial charge in [-0.2, -0.15) is 0 Å². The summed E-state index contributed by atoms with van der Waals surface area (Å²) in [7, 11) is 3.95. The molecule has 3 rings (SSSR count). The molecule has 1 aliphatic heterocycles. The predicted octanol–water partition coefficient (Wildman–Crippen LogP) is 4.77. The second kappa shape index (κ2) is 10.1. The summed E-state index contributed by atoms with van der Waals surface area (Å²) in [6, 6.07) is 9.64. The van der Waals surface area contributed by atoms with Crippen molar-refractivity contribution in [3.63, 3.8) is 0 Å². The number of hydrazine groups is 2. The van der Waals surface area contributed by atoms with Crippen LogP contribution < -0.4 is 26.6 Å². The first-order valence-electron chi connectivity index (χ1n) is 10.7. The van der Waals surface area contributed by atoms with E-state index in [1.165, 1.54) is 0 Å². The Morgan fingerprint density at radius 1 is 1.38 bits per heavy atom. The van der Waals surface area contributed by atoms with E-state index in [1.54, 1.807) is 6.08 Å². The molecule has 0 bridgehead atoms. The Hall–Kier alpha value is -3.03. The second-order valence-electron chi connectivity index (χ2n) is 7.92. The monoisotopic (exact) mass is 453 g/mol. The summed E-state index contributed by atoms with van der Waals surface area (Å²) in [6.45, 7) is 10.8. The van der Waals surface area contributed by atoms with Gasteiger partial charge < -0.3 is 10.6 Å². The number of aromatic nitrogens is 1. The van der Waals surface area contributed by atoms with Gasteiger partial charge in [-0.1, -0.05) is 37.2 Å².